The summed E-state index contributed by atoms with van der Waals surface area (Å²) in [7, 11) is -0.912. The molecule has 0 atom stereocenters. The standard InChI is InChI=1S/C17H17N3O4S/c1-23-14-6-7-17(16(9-14)24-2)25(21,22)20-13-5-3-4-12(8-13)15-10-18-11-19-15/h3-11,20H,1-2H3,(H,18,19). The van der Waals surface area contributed by atoms with Gasteiger partial charge in [0.15, 0.2) is 0 Å². The highest BCUT2D eigenvalue weighted by Crippen LogP contribution is 2.30. The molecular formula is C17H17N3O4S. The fraction of sp³-hybridized carbons (Fsp3) is 0.118. The number of hydrogen-bond acceptors (Lipinski definition) is 5. The lowest BCUT2D eigenvalue weighted by Crippen LogP contribution is -2.14. The van der Waals surface area contributed by atoms with Crippen LogP contribution in [0, 0.1) is 0 Å². The number of sulfonamides is 1. The highest BCUT2D eigenvalue weighted by Gasteiger charge is 2.20. The molecule has 1 aromatic heterocycles. The third-order valence-electron chi connectivity index (χ3n) is 3.58. The average Bonchev–Trinajstić information content (AvgIpc) is 3.15. The number of benzene rings is 2. The maximum Gasteiger partial charge on any atom is 0.265 e. The topological polar surface area (TPSA) is 93.3 Å². The Morgan fingerprint density at radius 3 is 2.60 bits per heavy atom. The van der Waals surface area contributed by atoms with E-state index in [1.165, 1.54) is 26.4 Å². The minimum absolute atomic E-state index is 0.0303. The van der Waals surface area contributed by atoms with Crippen molar-refractivity contribution >= 4 is 15.7 Å². The summed E-state index contributed by atoms with van der Waals surface area (Å²) in [5.74, 6) is 0.716. The normalized spacial score (nSPS) is 11.1. The van der Waals surface area contributed by atoms with Crippen LogP contribution in [0.3, 0.4) is 0 Å². The zero-order chi connectivity index (χ0) is 17.9. The molecule has 2 N–H and O–H groups in total. The minimum Gasteiger partial charge on any atom is -0.497 e. The Morgan fingerprint density at radius 2 is 1.92 bits per heavy atom. The summed E-state index contributed by atoms with van der Waals surface area (Å²) in [4.78, 5) is 6.98. The van der Waals surface area contributed by atoms with Gasteiger partial charge in [-0.05, 0) is 24.3 Å². The molecule has 0 spiro atoms. The first-order valence-electron chi connectivity index (χ1n) is 7.37. The first-order chi connectivity index (χ1) is 12.0. The second kappa shape index (κ2) is 6.86. The van der Waals surface area contributed by atoms with Gasteiger partial charge >= 0.3 is 0 Å². The summed E-state index contributed by atoms with van der Waals surface area (Å²) in [6.07, 6.45) is 3.23. The van der Waals surface area contributed by atoms with E-state index in [4.69, 9.17) is 9.47 Å². The van der Waals surface area contributed by atoms with Crippen LogP contribution in [0.5, 0.6) is 11.5 Å². The zero-order valence-electron chi connectivity index (χ0n) is 13.7. The lowest BCUT2D eigenvalue weighted by Gasteiger charge is -2.13. The lowest BCUT2D eigenvalue weighted by molar-refractivity contribution is 0.386. The van der Waals surface area contributed by atoms with Crippen LogP contribution in [0.4, 0.5) is 5.69 Å². The molecule has 1 heterocycles. The molecule has 0 unspecified atom stereocenters. The van der Waals surface area contributed by atoms with Gasteiger partial charge in [0.25, 0.3) is 10.0 Å². The third-order valence-corrected chi connectivity index (χ3v) is 5.01. The minimum atomic E-state index is -3.82. The van der Waals surface area contributed by atoms with E-state index in [0.717, 1.165) is 11.3 Å². The Morgan fingerprint density at radius 1 is 1.08 bits per heavy atom. The number of imidazole rings is 1. The quantitative estimate of drug-likeness (QED) is 0.706. The van der Waals surface area contributed by atoms with E-state index < -0.39 is 10.0 Å². The number of methoxy groups -OCH3 is 2. The number of H-pyrrole nitrogens is 1. The van der Waals surface area contributed by atoms with E-state index >= 15 is 0 Å². The summed E-state index contributed by atoms with van der Waals surface area (Å²) < 4.78 is 38.3. The number of hydrogen-bond donors (Lipinski definition) is 2. The molecule has 130 valence electrons. The van der Waals surface area contributed by atoms with E-state index in [9.17, 15) is 8.42 Å². The zero-order valence-corrected chi connectivity index (χ0v) is 14.5. The van der Waals surface area contributed by atoms with Crippen molar-refractivity contribution in [1.29, 1.82) is 0 Å². The van der Waals surface area contributed by atoms with Crippen LogP contribution < -0.4 is 14.2 Å². The van der Waals surface area contributed by atoms with Crippen molar-refractivity contribution in [1.82, 2.24) is 9.97 Å². The SMILES string of the molecule is COc1ccc(S(=O)(=O)Nc2cccc(-c3cnc[nH]3)c2)c(OC)c1. The number of aromatic amines is 1. The van der Waals surface area contributed by atoms with Crippen molar-refractivity contribution in [2.24, 2.45) is 0 Å². The van der Waals surface area contributed by atoms with Crippen molar-refractivity contribution in [2.45, 2.75) is 4.90 Å². The fourth-order valence-electron chi connectivity index (χ4n) is 2.37. The van der Waals surface area contributed by atoms with Gasteiger partial charge in [0, 0.05) is 17.3 Å². The molecule has 0 aliphatic rings. The molecule has 0 amide bonds. The van der Waals surface area contributed by atoms with Crippen LogP contribution in [0.25, 0.3) is 11.3 Å². The van der Waals surface area contributed by atoms with E-state index in [0.29, 0.717) is 11.4 Å². The summed E-state index contributed by atoms with van der Waals surface area (Å²) in [6.45, 7) is 0. The van der Waals surface area contributed by atoms with Crippen LogP contribution in [0.15, 0.2) is 59.9 Å². The van der Waals surface area contributed by atoms with Crippen molar-refractivity contribution in [3.63, 3.8) is 0 Å². The van der Waals surface area contributed by atoms with Crippen LogP contribution in [-0.2, 0) is 10.0 Å². The predicted octanol–water partition coefficient (Wildman–Crippen LogP) is 2.89. The second-order valence-corrected chi connectivity index (χ2v) is 6.82. The first-order valence-corrected chi connectivity index (χ1v) is 8.85. The molecule has 7 nitrogen and oxygen atoms in total. The Hall–Kier alpha value is -3.00. The summed E-state index contributed by atoms with van der Waals surface area (Å²) >= 11 is 0. The van der Waals surface area contributed by atoms with E-state index in [1.807, 2.05) is 6.07 Å². The summed E-state index contributed by atoms with van der Waals surface area (Å²) in [5, 5.41) is 0. The number of nitrogens with zero attached hydrogens (tertiary/aromatic N) is 1. The summed E-state index contributed by atoms with van der Waals surface area (Å²) in [6, 6.07) is 11.6. The molecule has 8 heteroatoms. The van der Waals surface area contributed by atoms with Gasteiger partial charge in [0.2, 0.25) is 0 Å². The molecule has 0 fully saturated rings. The smallest absolute Gasteiger partial charge is 0.265 e. The second-order valence-electron chi connectivity index (χ2n) is 5.17. The number of nitrogens with one attached hydrogen (secondary N) is 2. The molecule has 0 saturated heterocycles. The summed E-state index contributed by atoms with van der Waals surface area (Å²) in [5.41, 5.74) is 2.05. The molecule has 25 heavy (non-hydrogen) atoms. The Labute approximate surface area is 145 Å². The van der Waals surface area contributed by atoms with Gasteiger partial charge in [-0.2, -0.15) is 0 Å². The highest BCUT2D eigenvalue weighted by atomic mass is 32.2. The molecule has 3 rings (SSSR count). The maximum atomic E-state index is 12.7. The van der Waals surface area contributed by atoms with E-state index in [2.05, 4.69) is 14.7 Å². The van der Waals surface area contributed by atoms with Crippen molar-refractivity contribution < 1.29 is 17.9 Å². The first kappa shape index (κ1) is 16.8. The molecule has 2 aromatic carbocycles. The van der Waals surface area contributed by atoms with Crippen LogP contribution in [-0.4, -0.2) is 32.6 Å². The fourth-order valence-corrected chi connectivity index (χ4v) is 3.57. The number of aromatic nitrogens is 2. The average molecular weight is 359 g/mol. The van der Waals surface area contributed by atoms with Gasteiger partial charge in [-0.1, -0.05) is 12.1 Å². The Kier molecular flexibility index (Phi) is 4.62. The lowest BCUT2D eigenvalue weighted by atomic mass is 10.1. The third kappa shape index (κ3) is 3.58. The van der Waals surface area contributed by atoms with Crippen molar-refractivity contribution in [3.8, 4) is 22.8 Å². The van der Waals surface area contributed by atoms with Gasteiger partial charge in [-0.25, -0.2) is 13.4 Å². The molecular weight excluding hydrogens is 342 g/mol. The van der Waals surface area contributed by atoms with E-state index in [-0.39, 0.29) is 10.6 Å². The molecule has 3 aromatic rings. The van der Waals surface area contributed by atoms with Crippen molar-refractivity contribution in [3.05, 3.63) is 55.0 Å². The van der Waals surface area contributed by atoms with Gasteiger partial charge in [-0.3, -0.25) is 4.72 Å². The molecule has 0 aliphatic carbocycles. The Bertz CT molecular complexity index is 969. The number of ether oxygens (including phenoxy) is 2. The van der Waals surface area contributed by atoms with Gasteiger partial charge in [-0.15, -0.1) is 0 Å². The largest absolute Gasteiger partial charge is 0.497 e. The van der Waals surface area contributed by atoms with Crippen LogP contribution >= 0.6 is 0 Å². The number of rotatable bonds is 6. The van der Waals surface area contributed by atoms with Crippen LogP contribution in [0.1, 0.15) is 0 Å². The molecule has 0 saturated carbocycles. The van der Waals surface area contributed by atoms with Crippen molar-refractivity contribution in [2.75, 3.05) is 18.9 Å². The monoisotopic (exact) mass is 359 g/mol. The molecule has 0 aliphatic heterocycles. The van der Waals surface area contributed by atoms with E-state index in [1.54, 1.807) is 36.8 Å². The molecule has 0 radical (unpaired) electrons. The van der Waals surface area contributed by atoms with Gasteiger partial charge in [0.1, 0.15) is 16.4 Å². The maximum absolute atomic E-state index is 12.7. The predicted molar refractivity (Wildman–Crippen MR) is 94.4 cm³/mol. The number of anilines is 1. The highest BCUT2D eigenvalue weighted by molar-refractivity contribution is 7.92. The molecule has 0 bridgehead atoms. The van der Waals surface area contributed by atoms with Gasteiger partial charge in [0.05, 0.1) is 32.4 Å². The van der Waals surface area contributed by atoms with Crippen LogP contribution in [0.2, 0.25) is 0 Å². The Balaban J connectivity index is 1.93. The van der Waals surface area contributed by atoms with Gasteiger partial charge < -0.3 is 14.5 Å².